The van der Waals surface area contributed by atoms with Crippen molar-refractivity contribution in [1.29, 1.82) is 0 Å². The second kappa shape index (κ2) is 6.19. The molecule has 5 heteroatoms. The molecule has 1 aliphatic heterocycles. The van der Waals surface area contributed by atoms with Crippen LogP contribution in [0, 0.1) is 6.92 Å². The van der Waals surface area contributed by atoms with Crippen molar-refractivity contribution in [3.05, 3.63) is 11.9 Å². The molecule has 0 radical (unpaired) electrons. The molecule has 1 unspecified atom stereocenters. The number of anilines is 2. The minimum atomic E-state index is 0.493. The van der Waals surface area contributed by atoms with Crippen LogP contribution in [0.15, 0.2) is 6.07 Å². The highest BCUT2D eigenvalue weighted by Crippen LogP contribution is 2.20. The molecule has 0 spiro atoms. The molecule has 5 nitrogen and oxygen atoms in total. The van der Waals surface area contributed by atoms with E-state index in [1.165, 1.54) is 0 Å². The van der Waals surface area contributed by atoms with Crippen molar-refractivity contribution in [1.82, 2.24) is 14.9 Å². The normalized spacial score (nSPS) is 20.6. The Bertz CT molecular complexity index is 420. The van der Waals surface area contributed by atoms with E-state index >= 15 is 0 Å². The van der Waals surface area contributed by atoms with E-state index in [1.807, 2.05) is 6.92 Å². The SMILES string of the molecule is CCCNc1cc(N2CCN(C)CC2C)nc(C)n1. The van der Waals surface area contributed by atoms with Crippen LogP contribution in [0.4, 0.5) is 11.6 Å². The van der Waals surface area contributed by atoms with Crippen molar-refractivity contribution < 1.29 is 0 Å². The van der Waals surface area contributed by atoms with Crippen LogP contribution in [0.25, 0.3) is 0 Å². The van der Waals surface area contributed by atoms with Crippen LogP contribution in [0.2, 0.25) is 0 Å². The zero-order valence-corrected chi connectivity index (χ0v) is 12.5. The van der Waals surface area contributed by atoms with Gasteiger partial charge >= 0.3 is 0 Å². The Morgan fingerprint density at radius 3 is 2.84 bits per heavy atom. The Morgan fingerprint density at radius 2 is 2.16 bits per heavy atom. The second-order valence-electron chi connectivity index (χ2n) is 5.39. The quantitative estimate of drug-likeness (QED) is 0.896. The average Bonchev–Trinajstić information content (AvgIpc) is 2.35. The van der Waals surface area contributed by atoms with Crippen molar-refractivity contribution in [3.8, 4) is 0 Å². The molecule has 2 heterocycles. The fourth-order valence-electron chi connectivity index (χ4n) is 2.52. The predicted molar refractivity (Wildman–Crippen MR) is 79.9 cm³/mol. The number of hydrogen-bond acceptors (Lipinski definition) is 5. The minimum Gasteiger partial charge on any atom is -0.370 e. The number of piperazine rings is 1. The summed E-state index contributed by atoms with van der Waals surface area (Å²) in [5, 5.41) is 3.35. The monoisotopic (exact) mass is 263 g/mol. The Kier molecular flexibility index (Phi) is 4.58. The summed E-state index contributed by atoms with van der Waals surface area (Å²) in [6.07, 6.45) is 1.10. The second-order valence-corrected chi connectivity index (χ2v) is 5.39. The molecule has 1 atom stereocenters. The van der Waals surface area contributed by atoms with Crippen LogP contribution in [-0.4, -0.2) is 54.1 Å². The van der Waals surface area contributed by atoms with Crippen LogP contribution in [-0.2, 0) is 0 Å². The van der Waals surface area contributed by atoms with E-state index < -0.39 is 0 Å². The predicted octanol–water partition coefficient (Wildman–Crippen LogP) is 1.75. The van der Waals surface area contributed by atoms with Gasteiger partial charge in [-0.25, -0.2) is 9.97 Å². The fraction of sp³-hybridized carbons (Fsp3) is 0.714. The lowest BCUT2D eigenvalue weighted by atomic mass is 10.2. The molecule has 0 amide bonds. The van der Waals surface area contributed by atoms with E-state index in [1.54, 1.807) is 0 Å². The molecule has 0 aliphatic carbocycles. The molecule has 106 valence electrons. The van der Waals surface area contributed by atoms with Gasteiger partial charge in [-0.3, -0.25) is 0 Å². The van der Waals surface area contributed by atoms with Gasteiger partial charge in [0.25, 0.3) is 0 Å². The van der Waals surface area contributed by atoms with Crippen LogP contribution < -0.4 is 10.2 Å². The van der Waals surface area contributed by atoms with Crippen molar-refractivity contribution in [2.24, 2.45) is 0 Å². The Morgan fingerprint density at radius 1 is 1.37 bits per heavy atom. The van der Waals surface area contributed by atoms with Crippen LogP contribution in [0.3, 0.4) is 0 Å². The summed E-state index contributed by atoms with van der Waals surface area (Å²) in [7, 11) is 2.17. The highest BCUT2D eigenvalue weighted by molar-refractivity contribution is 5.50. The number of aryl methyl sites for hydroxylation is 1. The lowest BCUT2D eigenvalue weighted by molar-refractivity contribution is 0.274. The van der Waals surface area contributed by atoms with Gasteiger partial charge in [-0.15, -0.1) is 0 Å². The lowest BCUT2D eigenvalue weighted by Crippen LogP contribution is -2.50. The van der Waals surface area contributed by atoms with Gasteiger partial charge in [0.2, 0.25) is 0 Å². The summed E-state index contributed by atoms with van der Waals surface area (Å²) in [4.78, 5) is 13.8. The van der Waals surface area contributed by atoms with E-state index in [0.29, 0.717) is 6.04 Å². The summed E-state index contributed by atoms with van der Waals surface area (Å²) >= 11 is 0. The Labute approximate surface area is 116 Å². The molecule has 0 aromatic carbocycles. The van der Waals surface area contributed by atoms with E-state index in [-0.39, 0.29) is 0 Å². The van der Waals surface area contributed by atoms with Gasteiger partial charge in [-0.2, -0.15) is 0 Å². The third-order valence-corrected chi connectivity index (χ3v) is 3.51. The molecule has 0 bridgehead atoms. The number of nitrogens with one attached hydrogen (secondary N) is 1. The third-order valence-electron chi connectivity index (χ3n) is 3.51. The van der Waals surface area contributed by atoms with Gasteiger partial charge in [0.05, 0.1) is 0 Å². The zero-order valence-electron chi connectivity index (χ0n) is 12.5. The number of rotatable bonds is 4. The van der Waals surface area contributed by atoms with Gasteiger partial charge < -0.3 is 15.1 Å². The number of hydrogen-bond donors (Lipinski definition) is 1. The van der Waals surface area contributed by atoms with Gasteiger partial charge in [0, 0.05) is 38.3 Å². The van der Waals surface area contributed by atoms with Crippen molar-refractivity contribution in [2.45, 2.75) is 33.2 Å². The molecule has 2 rings (SSSR count). The number of nitrogens with zero attached hydrogens (tertiary/aromatic N) is 4. The standard InChI is InChI=1S/C14H25N5/c1-5-6-15-13-9-14(17-12(3)16-13)19-8-7-18(4)10-11(19)2/h9,11H,5-8,10H2,1-4H3,(H,15,16,17). The summed E-state index contributed by atoms with van der Waals surface area (Å²) in [5.74, 6) is 2.82. The first-order valence-corrected chi connectivity index (χ1v) is 7.15. The van der Waals surface area contributed by atoms with E-state index in [9.17, 15) is 0 Å². The van der Waals surface area contributed by atoms with E-state index in [2.05, 4.69) is 52.0 Å². The maximum atomic E-state index is 4.60. The van der Waals surface area contributed by atoms with Gasteiger partial charge in [0.1, 0.15) is 17.5 Å². The molecule has 1 aromatic rings. The van der Waals surface area contributed by atoms with Gasteiger partial charge in [0.15, 0.2) is 0 Å². The van der Waals surface area contributed by atoms with Crippen LogP contribution >= 0.6 is 0 Å². The number of likely N-dealkylation sites (N-methyl/N-ethyl adjacent to an activating group) is 1. The maximum Gasteiger partial charge on any atom is 0.134 e. The molecular weight excluding hydrogens is 238 g/mol. The zero-order chi connectivity index (χ0) is 13.8. The molecule has 1 N–H and O–H groups in total. The Balaban J connectivity index is 2.16. The third kappa shape index (κ3) is 3.56. The molecular formula is C14H25N5. The number of aromatic nitrogens is 2. The minimum absolute atomic E-state index is 0.493. The highest BCUT2D eigenvalue weighted by Gasteiger charge is 2.23. The summed E-state index contributed by atoms with van der Waals surface area (Å²) in [6.45, 7) is 10.5. The van der Waals surface area contributed by atoms with E-state index in [4.69, 9.17) is 0 Å². The molecule has 1 fully saturated rings. The van der Waals surface area contributed by atoms with Crippen molar-refractivity contribution >= 4 is 11.6 Å². The van der Waals surface area contributed by atoms with Gasteiger partial charge in [-0.05, 0) is 27.3 Å². The topological polar surface area (TPSA) is 44.3 Å². The van der Waals surface area contributed by atoms with E-state index in [0.717, 1.165) is 50.1 Å². The molecule has 0 saturated carbocycles. The maximum absolute atomic E-state index is 4.60. The molecule has 1 saturated heterocycles. The van der Waals surface area contributed by atoms with Gasteiger partial charge in [-0.1, -0.05) is 6.92 Å². The largest absolute Gasteiger partial charge is 0.370 e. The van der Waals surface area contributed by atoms with Crippen LogP contribution in [0.1, 0.15) is 26.1 Å². The van der Waals surface area contributed by atoms with Crippen LogP contribution in [0.5, 0.6) is 0 Å². The lowest BCUT2D eigenvalue weighted by Gasteiger charge is -2.39. The molecule has 1 aromatic heterocycles. The summed E-state index contributed by atoms with van der Waals surface area (Å²) < 4.78 is 0. The fourth-order valence-corrected chi connectivity index (χ4v) is 2.52. The summed E-state index contributed by atoms with van der Waals surface area (Å²) in [5.41, 5.74) is 0. The highest BCUT2D eigenvalue weighted by atomic mass is 15.3. The van der Waals surface area contributed by atoms with Crippen molar-refractivity contribution in [3.63, 3.8) is 0 Å². The molecule has 1 aliphatic rings. The molecule has 19 heavy (non-hydrogen) atoms. The summed E-state index contributed by atoms with van der Waals surface area (Å²) in [6, 6.07) is 2.57. The first kappa shape index (κ1) is 14.1. The average molecular weight is 263 g/mol. The smallest absolute Gasteiger partial charge is 0.134 e. The first-order valence-electron chi connectivity index (χ1n) is 7.15. The first-order chi connectivity index (χ1) is 9.10. The van der Waals surface area contributed by atoms with Crippen molar-refractivity contribution in [2.75, 3.05) is 43.4 Å². The Hall–Kier alpha value is -1.36.